The lowest BCUT2D eigenvalue weighted by Gasteiger charge is -2.12. The molecule has 26 aromatic rings. The zero-order chi connectivity index (χ0) is 79.3. The van der Waals surface area contributed by atoms with Crippen molar-refractivity contribution in [2.24, 2.45) is 0 Å². The van der Waals surface area contributed by atoms with E-state index in [1.165, 1.54) is 80.5 Å². The summed E-state index contributed by atoms with van der Waals surface area (Å²) in [5.74, 6) is 2.14. The Morgan fingerprint density at radius 2 is 0.603 bits per heavy atom. The van der Waals surface area contributed by atoms with Gasteiger partial charge in [-0.25, -0.2) is 15.0 Å². The first-order valence-corrected chi connectivity index (χ1v) is 41.5. The SMILES string of the molecule is c1ccc(-c2cc(-c3ccccc3)nc(-n3c4ccccc4c4c(-c5ccc6c(c5)c5ccccc5n6-c5cccc6c5sc5ccccc56)cccc43)n2)cc1.c1ccc(-n2c3ccccc3c3cc(-c4cccc5c4c4ccccc4n5-c4nc(-c5cccc6c5oc5ccccc56)nc(-c5cccc6c5oc5ccccc56)n4)ccc32)cc1. The molecule has 12 heteroatoms. The fourth-order valence-electron chi connectivity index (χ4n) is 18.9. The van der Waals surface area contributed by atoms with Crippen LogP contribution in [0.2, 0.25) is 0 Å². The normalized spacial score (nSPS) is 12.0. The summed E-state index contributed by atoms with van der Waals surface area (Å²) in [6.45, 7) is 0. The van der Waals surface area contributed by atoms with E-state index >= 15 is 0 Å². The molecule has 0 spiro atoms. The van der Waals surface area contributed by atoms with Gasteiger partial charge in [0.25, 0.3) is 0 Å². The number of fused-ring (bicyclic) bond motifs is 21. The van der Waals surface area contributed by atoms with Crippen molar-refractivity contribution in [2.75, 3.05) is 0 Å². The van der Waals surface area contributed by atoms with Gasteiger partial charge in [-0.05, 0) is 138 Å². The summed E-state index contributed by atoms with van der Waals surface area (Å²) in [5.41, 5.74) is 24.3. The second kappa shape index (κ2) is 27.2. The molecule has 26 rings (SSSR count). The van der Waals surface area contributed by atoms with Crippen LogP contribution in [0.25, 0.3) is 242 Å². The highest BCUT2D eigenvalue weighted by Gasteiger charge is 2.27. The van der Waals surface area contributed by atoms with Crippen LogP contribution in [0.1, 0.15) is 0 Å². The third kappa shape index (κ3) is 10.7. The summed E-state index contributed by atoms with van der Waals surface area (Å²) in [6, 6.07) is 139. The molecule has 0 aliphatic rings. The van der Waals surface area contributed by atoms with E-state index in [4.69, 9.17) is 33.8 Å². The molecule has 17 aromatic carbocycles. The zero-order valence-electron chi connectivity index (χ0n) is 64.8. The number of thiophene rings is 1. The predicted molar refractivity (Wildman–Crippen MR) is 499 cm³/mol. The van der Waals surface area contributed by atoms with Crippen LogP contribution in [0.5, 0.6) is 0 Å². The maximum Gasteiger partial charge on any atom is 0.238 e. The summed E-state index contributed by atoms with van der Waals surface area (Å²) < 4.78 is 25.0. The Morgan fingerprint density at radius 3 is 1.14 bits per heavy atom. The maximum atomic E-state index is 6.59. The van der Waals surface area contributed by atoms with E-state index in [0.29, 0.717) is 23.5 Å². The molecule has 0 aliphatic carbocycles. The van der Waals surface area contributed by atoms with Crippen molar-refractivity contribution < 1.29 is 8.83 Å². The smallest absolute Gasteiger partial charge is 0.238 e. The molecule has 0 amide bonds. The van der Waals surface area contributed by atoms with Gasteiger partial charge in [0.1, 0.15) is 22.3 Å². The number of nitrogens with zero attached hydrogens (tertiary/aromatic N) is 9. The lowest BCUT2D eigenvalue weighted by molar-refractivity contribution is 0.669. The van der Waals surface area contributed by atoms with E-state index in [2.05, 4.69) is 340 Å². The number of rotatable bonds is 10. The first-order chi connectivity index (χ1) is 60.0. The van der Waals surface area contributed by atoms with E-state index < -0.39 is 0 Å². The first-order valence-electron chi connectivity index (χ1n) is 40.7. The number of benzene rings is 17. The molecule has 0 saturated heterocycles. The molecule has 9 aromatic heterocycles. The average Bonchev–Trinajstić information content (AvgIpc) is 1.59. The fourth-order valence-corrected chi connectivity index (χ4v) is 20.1. The molecule has 9 heterocycles. The molecule has 0 fully saturated rings. The molecule has 0 radical (unpaired) electrons. The van der Waals surface area contributed by atoms with Gasteiger partial charge >= 0.3 is 0 Å². The highest BCUT2D eigenvalue weighted by molar-refractivity contribution is 7.26. The summed E-state index contributed by atoms with van der Waals surface area (Å²) >= 11 is 1.87. The van der Waals surface area contributed by atoms with Crippen LogP contribution in [-0.2, 0) is 0 Å². The largest absolute Gasteiger partial charge is 0.455 e. The van der Waals surface area contributed by atoms with Gasteiger partial charge in [0, 0.05) is 96.9 Å². The Bertz CT molecular complexity index is 8560. The van der Waals surface area contributed by atoms with Crippen molar-refractivity contribution in [3.05, 3.63) is 394 Å². The Kier molecular flexibility index (Phi) is 15.3. The van der Waals surface area contributed by atoms with Crippen molar-refractivity contribution in [2.45, 2.75) is 0 Å². The van der Waals surface area contributed by atoms with Gasteiger partial charge in [0.15, 0.2) is 11.6 Å². The van der Waals surface area contributed by atoms with Crippen LogP contribution in [0.3, 0.4) is 0 Å². The maximum absolute atomic E-state index is 6.59. The molecule has 0 saturated carbocycles. The van der Waals surface area contributed by atoms with Gasteiger partial charge in [0.2, 0.25) is 11.9 Å². The van der Waals surface area contributed by atoms with Gasteiger partial charge in [-0.1, -0.05) is 279 Å². The Balaban J connectivity index is 0.000000135. The van der Waals surface area contributed by atoms with Crippen LogP contribution in [0.15, 0.2) is 403 Å². The van der Waals surface area contributed by atoms with E-state index in [1.54, 1.807) is 0 Å². The van der Waals surface area contributed by atoms with Crippen molar-refractivity contribution in [3.8, 4) is 90.8 Å². The van der Waals surface area contributed by atoms with Crippen molar-refractivity contribution >= 4 is 163 Å². The van der Waals surface area contributed by atoms with Gasteiger partial charge in [-0.2, -0.15) is 9.97 Å². The molecule has 564 valence electrons. The Labute approximate surface area is 695 Å². The quantitative estimate of drug-likeness (QED) is 0.134. The highest BCUT2D eigenvalue weighted by atomic mass is 32.1. The first kappa shape index (κ1) is 68.1. The summed E-state index contributed by atoms with van der Waals surface area (Å²) in [7, 11) is 0. The third-order valence-electron chi connectivity index (χ3n) is 24.2. The van der Waals surface area contributed by atoms with Crippen LogP contribution in [0, 0.1) is 0 Å². The summed E-state index contributed by atoms with van der Waals surface area (Å²) in [4.78, 5) is 26.5. The summed E-state index contributed by atoms with van der Waals surface area (Å²) in [5, 5.41) is 16.1. The lowest BCUT2D eigenvalue weighted by Crippen LogP contribution is -2.06. The number of para-hydroxylation sites is 9. The third-order valence-corrected chi connectivity index (χ3v) is 25.4. The lowest BCUT2D eigenvalue weighted by atomic mass is 9.98. The van der Waals surface area contributed by atoms with Crippen molar-refractivity contribution in [1.82, 2.24) is 43.2 Å². The van der Waals surface area contributed by atoms with Gasteiger partial charge in [0.05, 0.1) is 77.0 Å². The molecule has 0 unspecified atom stereocenters. The van der Waals surface area contributed by atoms with Crippen LogP contribution in [-0.4, -0.2) is 43.2 Å². The van der Waals surface area contributed by atoms with Crippen LogP contribution < -0.4 is 0 Å². The van der Waals surface area contributed by atoms with E-state index in [9.17, 15) is 0 Å². The number of hydrogen-bond acceptors (Lipinski definition) is 8. The molecule has 121 heavy (non-hydrogen) atoms. The standard InChI is InChI=1S/C57H33N5O2.C52H32N4S/c1-2-15-35(16-3-1)61-46-26-8-4-17-37(46)45-33-34(31-32-48(45)61)36-21-14-28-49-52(36)42-20-5-9-27-47(42)62(49)57-59-55(43-24-12-22-40-38-18-6-10-29-50(38)63-53(40)43)58-56(60-57)44-25-13-23-41-39-19-7-11-30-51(39)64-54(41)44;1-3-15-33(16-4-1)42-32-43(34-17-5-2-6-18-34)54-52(53-42)56-45-25-11-8-21-40(45)50-36(22-13-26-47(50)56)35-29-30-46-41(31-35)37-19-7-10-24-44(37)55(46)48-27-14-23-39-38-20-9-12-28-49(38)57-51(39)48/h1-33H;1-32H. The van der Waals surface area contributed by atoms with E-state index in [1.807, 2.05) is 84.1 Å². The minimum atomic E-state index is 0.492. The average molecular weight is 1560 g/mol. The topological polar surface area (TPSA) is 110 Å². The number of aromatic nitrogens is 9. The molecule has 11 nitrogen and oxygen atoms in total. The minimum absolute atomic E-state index is 0.492. The molecular weight excluding hydrogens is 1500 g/mol. The van der Waals surface area contributed by atoms with Gasteiger partial charge in [-0.15, -0.1) is 11.3 Å². The van der Waals surface area contributed by atoms with E-state index in [0.717, 1.165) is 138 Å². The number of furan rings is 2. The van der Waals surface area contributed by atoms with Gasteiger partial charge in [-0.3, -0.25) is 9.13 Å². The predicted octanol–water partition coefficient (Wildman–Crippen LogP) is 28.9. The van der Waals surface area contributed by atoms with Crippen molar-refractivity contribution in [1.29, 1.82) is 0 Å². The number of hydrogen-bond donors (Lipinski definition) is 0. The van der Waals surface area contributed by atoms with Gasteiger partial charge < -0.3 is 18.0 Å². The minimum Gasteiger partial charge on any atom is -0.455 e. The molecule has 0 atom stereocenters. The second-order valence-electron chi connectivity index (χ2n) is 30.9. The Hall–Kier alpha value is -16.2. The van der Waals surface area contributed by atoms with Crippen LogP contribution >= 0.6 is 11.3 Å². The molecule has 0 bridgehead atoms. The Morgan fingerprint density at radius 1 is 0.223 bits per heavy atom. The van der Waals surface area contributed by atoms with Crippen LogP contribution in [0.4, 0.5) is 0 Å². The fraction of sp³-hybridized carbons (Fsp3) is 0. The highest BCUT2D eigenvalue weighted by Crippen LogP contribution is 2.48. The molecular formula is C109H65N9O2S. The summed E-state index contributed by atoms with van der Waals surface area (Å²) in [6.07, 6.45) is 0. The zero-order valence-corrected chi connectivity index (χ0v) is 65.6. The molecule has 0 N–H and O–H groups in total. The van der Waals surface area contributed by atoms with Crippen molar-refractivity contribution in [3.63, 3.8) is 0 Å². The second-order valence-corrected chi connectivity index (χ2v) is 31.9. The van der Waals surface area contributed by atoms with E-state index in [-0.39, 0.29) is 0 Å². The monoisotopic (exact) mass is 1560 g/mol. The molecule has 0 aliphatic heterocycles.